The second-order valence-electron chi connectivity index (χ2n) is 10.8. The third kappa shape index (κ3) is 10.1. The molecule has 0 aromatic heterocycles. The van der Waals surface area contributed by atoms with E-state index in [1.54, 1.807) is 34.6 Å². The highest BCUT2D eigenvalue weighted by molar-refractivity contribution is 6.28. The molecule has 0 aromatic rings. The second-order valence-corrected chi connectivity index (χ2v) is 11.1. The number of alkyl carbamates (subject to hydrolysis) is 1. The van der Waals surface area contributed by atoms with E-state index in [0.29, 0.717) is 19.4 Å². The van der Waals surface area contributed by atoms with Crippen molar-refractivity contribution < 1.29 is 33.5 Å². The SMILES string of the molecule is CC(C)C(NC(=O)[C@@H]1CCCN1C(=O)[C@H](C)NC(=O)[C@@H](C)NC(=O)[C@H](C)NC(=O)OC(C)(C)C)C(=O)CCl. The lowest BCUT2D eigenvalue weighted by atomic mass is 10.00. The first-order valence-corrected chi connectivity index (χ1v) is 13.3. The maximum atomic E-state index is 13.1. The summed E-state index contributed by atoms with van der Waals surface area (Å²) in [6.07, 6.45) is 0.245. The lowest BCUT2D eigenvalue weighted by Gasteiger charge is -2.29. The predicted molar refractivity (Wildman–Crippen MR) is 141 cm³/mol. The molecule has 5 atom stereocenters. The molecule has 0 saturated carbocycles. The van der Waals surface area contributed by atoms with Crippen LogP contribution in [0.15, 0.2) is 0 Å². The number of nitrogens with one attached hydrogen (secondary N) is 4. The van der Waals surface area contributed by atoms with Crippen LogP contribution in [0.3, 0.4) is 0 Å². The lowest BCUT2D eigenvalue weighted by Crippen LogP contribution is -2.57. The number of carbonyl (C=O) groups excluding carboxylic acids is 6. The van der Waals surface area contributed by atoms with Gasteiger partial charge in [-0.2, -0.15) is 0 Å². The summed E-state index contributed by atoms with van der Waals surface area (Å²) < 4.78 is 5.11. The highest BCUT2D eigenvalue weighted by Gasteiger charge is 2.38. The van der Waals surface area contributed by atoms with Crippen LogP contribution in [-0.4, -0.2) is 88.6 Å². The van der Waals surface area contributed by atoms with E-state index in [0.717, 1.165) is 0 Å². The summed E-state index contributed by atoms with van der Waals surface area (Å²) in [7, 11) is 0. The quantitative estimate of drug-likeness (QED) is 0.273. The summed E-state index contributed by atoms with van der Waals surface area (Å²) in [6, 6.07) is -4.48. The van der Waals surface area contributed by atoms with E-state index in [1.165, 1.54) is 25.7 Å². The number of halogens is 1. The molecular weight excluding hydrogens is 518 g/mol. The van der Waals surface area contributed by atoms with Crippen LogP contribution in [0.1, 0.15) is 68.2 Å². The van der Waals surface area contributed by atoms with E-state index in [2.05, 4.69) is 21.3 Å². The Morgan fingerprint density at radius 2 is 1.39 bits per heavy atom. The van der Waals surface area contributed by atoms with Crippen molar-refractivity contribution in [2.75, 3.05) is 12.4 Å². The first-order chi connectivity index (χ1) is 17.5. The van der Waals surface area contributed by atoms with Gasteiger partial charge in [-0.1, -0.05) is 13.8 Å². The van der Waals surface area contributed by atoms with E-state index in [1.807, 2.05) is 0 Å². The van der Waals surface area contributed by atoms with Gasteiger partial charge in [0.15, 0.2) is 5.78 Å². The van der Waals surface area contributed by atoms with Crippen LogP contribution < -0.4 is 21.3 Å². The molecule has 0 radical (unpaired) electrons. The van der Waals surface area contributed by atoms with Crippen molar-refractivity contribution >= 4 is 47.1 Å². The molecule has 1 fully saturated rings. The Bertz CT molecular complexity index is 905. The maximum absolute atomic E-state index is 13.1. The van der Waals surface area contributed by atoms with Crippen molar-refractivity contribution in [1.82, 2.24) is 26.2 Å². The molecule has 0 aliphatic carbocycles. The monoisotopic (exact) mass is 559 g/mol. The van der Waals surface area contributed by atoms with Gasteiger partial charge in [-0.05, 0) is 60.3 Å². The summed E-state index contributed by atoms with van der Waals surface area (Å²) in [5, 5.41) is 10.1. The maximum Gasteiger partial charge on any atom is 0.408 e. The van der Waals surface area contributed by atoms with Crippen molar-refractivity contribution in [3.63, 3.8) is 0 Å². The molecule has 0 spiro atoms. The van der Waals surface area contributed by atoms with Crippen LogP contribution >= 0.6 is 11.6 Å². The average molecular weight is 560 g/mol. The van der Waals surface area contributed by atoms with E-state index in [-0.39, 0.29) is 17.6 Å². The van der Waals surface area contributed by atoms with E-state index < -0.39 is 65.5 Å². The molecule has 0 aromatic carbocycles. The fourth-order valence-electron chi connectivity index (χ4n) is 3.86. The zero-order valence-electron chi connectivity index (χ0n) is 23.5. The second kappa shape index (κ2) is 14.3. The smallest absolute Gasteiger partial charge is 0.408 e. The summed E-state index contributed by atoms with van der Waals surface area (Å²) in [5.41, 5.74) is -0.733. The highest BCUT2D eigenvalue weighted by atomic mass is 35.5. The van der Waals surface area contributed by atoms with Gasteiger partial charge in [0.05, 0.1) is 11.9 Å². The molecule has 1 aliphatic heterocycles. The van der Waals surface area contributed by atoms with Crippen LogP contribution in [0.4, 0.5) is 4.79 Å². The third-order valence-electron chi connectivity index (χ3n) is 5.89. The van der Waals surface area contributed by atoms with Crippen LogP contribution in [0, 0.1) is 5.92 Å². The molecule has 1 aliphatic rings. The molecular formula is C25H42ClN5O7. The number of nitrogens with zero attached hydrogens (tertiary/aromatic N) is 1. The van der Waals surface area contributed by atoms with Gasteiger partial charge >= 0.3 is 6.09 Å². The van der Waals surface area contributed by atoms with Gasteiger partial charge in [0.25, 0.3) is 0 Å². The number of Topliss-reactive ketones (excluding diaryl/α,β-unsaturated/α-hetero) is 1. The van der Waals surface area contributed by atoms with Crippen LogP contribution in [0.25, 0.3) is 0 Å². The zero-order chi connectivity index (χ0) is 29.4. The zero-order valence-corrected chi connectivity index (χ0v) is 24.2. The van der Waals surface area contributed by atoms with Crippen LogP contribution in [0.5, 0.6) is 0 Å². The van der Waals surface area contributed by atoms with Gasteiger partial charge in [0.1, 0.15) is 29.8 Å². The lowest BCUT2D eigenvalue weighted by molar-refractivity contribution is -0.142. The minimum absolute atomic E-state index is 0.173. The minimum atomic E-state index is -1.01. The van der Waals surface area contributed by atoms with Crippen molar-refractivity contribution in [2.24, 2.45) is 5.92 Å². The number of likely N-dealkylation sites (tertiary alicyclic amines) is 1. The third-order valence-corrected chi connectivity index (χ3v) is 6.15. The minimum Gasteiger partial charge on any atom is -0.444 e. The van der Waals surface area contributed by atoms with Crippen molar-refractivity contribution in [1.29, 1.82) is 0 Å². The molecule has 38 heavy (non-hydrogen) atoms. The topological polar surface area (TPSA) is 163 Å². The van der Waals surface area contributed by atoms with Gasteiger partial charge in [-0.25, -0.2) is 4.79 Å². The highest BCUT2D eigenvalue weighted by Crippen LogP contribution is 2.19. The number of carbonyl (C=O) groups is 6. The molecule has 4 N–H and O–H groups in total. The van der Waals surface area contributed by atoms with Crippen LogP contribution in [-0.2, 0) is 28.7 Å². The average Bonchev–Trinajstić information content (AvgIpc) is 3.29. The summed E-state index contributed by atoms with van der Waals surface area (Å²) >= 11 is 5.67. The van der Waals surface area contributed by atoms with E-state index in [4.69, 9.17) is 16.3 Å². The first kappa shape index (κ1) is 33.1. The Morgan fingerprint density at radius 3 is 1.89 bits per heavy atom. The van der Waals surface area contributed by atoms with E-state index in [9.17, 15) is 28.8 Å². The number of ether oxygens (including phenoxy) is 1. The first-order valence-electron chi connectivity index (χ1n) is 12.8. The molecule has 1 rings (SSSR count). The van der Waals surface area contributed by atoms with Gasteiger partial charge in [0.2, 0.25) is 23.6 Å². The Hall–Kier alpha value is -2.89. The van der Waals surface area contributed by atoms with Gasteiger partial charge in [0, 0.05) is 6.54 Å². The Kier molecular flexibility index (Phi) is 12.5. The number of hydrogen-bond donors (Lipinski definition) is 4. The van der Waals surface area contributed by atoms with Gasteiger partial charge in [-0.15, -0.1) is 11.6 Å². The fourth-order valence-corrected chi connectivity index (χ4v) is 4.02. The number of alkyl halides is 1. The predicted octanol–water partition coefficient (Wildman–Crippen LogP) is 0.849. The normalized spacial score (nSPS) is 18.6. The van der Waals surface area contributed by atoms with Crippen LogP contribution in [0.2, 0.25) is 0 Å². The molecule has 216 valence electrons. The van der Waals surface area contributed by atoms with Gasteiger partial charge in [-0.3, -0.25) is 24.0 Å². The molecule has 5 amide bonds. The Morgan fingerprint density at radius 1 is 0.868 bits per heavy atom. The number of amides is 5. The Balaban J connectivity index is 2.70. The number of ketones is 1. The molecule has 1 heterocycles. The number of rotatable bonds is 11. The molecule has 0 bridgehead atoms. The molecule has 13 heteroatoms. The largest absolute Gasteiger partial charge is 0.444 e. The van der Waals surface area contributed by atoms with Crippen molar-refractivity contribution in [2.45, 2.75) is 104 Å². The van der Waals surface area contributed by atoms with Crippen molar-refractivity contribution in [3.8, 4) is 0 Å². The molecule has 12 nitrogen and oxygen atoms in total. The molecule has 1 unspecified atom stereocenters. The fraction of sp³-hybridized carbons (Fsp3) is 0.760. The van der Waals surface area contributed by atoms with Gasteiger partial charge < -0.3 is 30.9 Å². The summed E-state index contributed by atoms with van der Waals surface area (Å²) in [5.74, 6) is -2.84. The Labute approximate surface area is 229 Å². The molecule has 1 saturated heterocycles. The van der Waals surface area contributed by atoms with E-state index >= 15 is 0 Å². The standard InChI is InChI=1S/C25H42ClN5O7/c1-13(2)19(18(32)12-26)30-22(35)17-10-9-11-31(17)23(36)16(5)28-20(33)14(3)27-21(34)15(4)29-24(37)38-25(6,7)8/h13-17,19H,9-12H2,1-8H3,(H,27,34)(H,28,33)(H,29,37)(H,30,35)/t14-,15+,16+,17+,19?/m1/s1. The number of hydrogen-bond acceptors (Lipinski definition) is 7. The summed E-state index contributed by atoms with van der Waals surface area (Å²) in [4.78, 5) is 76.4. The van der Waals surface area contributed by atoms with Crippen molar-refractivity contribution in [3.05, 3.63) is 0 Å². The summed E-state index contributed by atoms with van der Waals surface area (Å²) in [6.45, 7) is 13.3.